The minimum atomic E-state index is -0.733. The van der Waals surface area contributed by atoms with Crippen molar-refractivity contribution in [1.29, 1.82) is 0 Å². The summed E-state index contributed by atoms with van der Waals surface area (Å²) in [5.74, 6) is -1.06. The lowest BCUT2D eigenvalue weighted by molar-refractivity contribution is 0.408. The first-order valence-electron chi connectivity index (χ1n) is 12.2. The van der Waals surface area contributed by atoms with Crippen molar-refractivity contribution < 1.29 is 17.9 Å². The molecule has 0 spiro atoms. The number of hydrogen-bond acceptors (Lipinski definition) is 1. The lowest BCUT2D eigenvalue weighted by Crippen LogP contribution is -2.07. The van der Waals surface area contributed by atoms with E-state index in [9.17, 15) is 13.2 Å². The number of aryl methyl sites for hydroxylation is 2. The summed E-state index contributed by atoms with van der Waals surface area (Å²) in [5.41, 5.74) is 5.08. The van der Waals surface area contributed by atoms with Crippen LogP contribution in [0.5, 0.6) is 0 Å². The van der Waals surface area contributed by atoms with Gasteiger partial charge >= 0.3 is 0 Å². The first-order chi connectivity index (χ1) is 16.5. The van der Waals surface area contributed by atoms with Gasteiger partial charge in [0.25, 0.3) is 0 Å². The van der Waals surface area contributed by atoms with E-state index in [1.807, 2.05) is 30.3 Å². The molecule has 1 fully saturated rings. The summed E-state index contributed by atoms with van der Waals surface area (Å²) < 4.78 is 49.2. The summed E-state index contributed by atoms with van der Waals surface area (Å²) in [6.45, 7) is 2.75. The summed E-state index contributed by atoms with van der Waals surface area (Å²) in [5, 5.41) is 0. The molecule has 0 bridgehead atoms. The second-order valence-corrected chi connectivity index (χ2v) is 9.43. The minimum absolute atomic E-state index is 0.108. The lowest BCUT2D eigenvalue weighted by atomic mass is 9.85. The number of allylic oxidation sites excluding steroid dienone is 2. The average Bonchev–Trinajstić information content (AvgIpc) is 3.71. The van der Waals surface area contributed by atoms with Crippen molar-refractivity contribution in [3.8, 4) is 11.1 Å². The fourth-order valence-corrected chi connectivity index (χ4v) is 4.87. The maximum Gasteiger partial charge on any atom is 0.166 e. The van der Waals surface area contributed by atoms with Crippen LogP contribution in [0.25, 0.3) is 16.7 Å². The minimum Gasteiger partial charge on any atom is -0.368 e. The molecule has 1 aliphatic carbocycles. The molecular weight excluding hydrogens is 433 g/mol. The normalized spacial score (nSPS) is 19.7. The Bertz CT molecular complexity index is 1210. The van der Waals surface area contributed by atoms with Crippen molar-refractivity contribution in [2.45, 2.75) is 51.6 Å². The lowest BCUT2D eigenvalue weighted by Gasteiger charge is -2.21. The van der Waals surface area contributed by atoms with Gasteiger partial charge < -0.3 is 4.74 Å². The Hall–Kier alpha value is -2.85. The quantitative estimate of drug-likeness (QED) is 0.322. The van der Waals surface area contributed by atoms with Crippen LogP contribution in [0.2, 0.25) is 0 Å². The zero-order valence-electron chi connectivity index (χ0n) is 19.4. The van der Waals surface area contributed by atoms with Crippen molar-refractivity contribution in [3.05, 3.63) is 100 Å². The third kappa shape index (κ3) is 4.83. The molecule has 0 aromatic heterocycles. The van der Waals surface area contributed by atoms with Crippen LogP contribution in [-0.2, 0) is 17.6 Å². The molecule has 1 nitrogen and oxygen atoms in total. The standard InChI is InChI=1S/C30H29F3O/c1-2-19-3-10-22(11-4-19)25-15-13-23(29(32)30(25)33)12-7-20-5-8-21(9-6-20)24-14-16-26(27(31)17-24)28-18-34-28/h5-6,8-10,13-17,19,28H,2-4,7,11-12,18H2,1H3. The van der Waals surface area contributed by atoms with Gasteiger partial charge in [0.15, 0.2) is 11.6 Å². The van der Waals surface area contributed by atoms with E-state index in [-0.39, 0.29) is 11.9 Å². The van der Waals surface area contributed by atoms with E-state index in [0.717, 1.165) is 47.9 Å². The highest BCUT2D eigenvalue weighted by molar-refractivity contribution is 5.67. The first-order valence-corrected chi connectivity index (χ1v) is 12.2. The summed E-state index contributed by atoms with van der Waals surface area (Å²) in [6, 6.07) is 16.5. The van der Waals surface area contributed by atoms with Crippen molar-refractivity contribution >= 4 is 5.57 Å². The van der Waals surface area contributed by atoms with Crippen LogP contribution in [0.15, 0.2) is 60.7 Å². The summed E-state index contributed by atoms with van der Waals surface area (Å²) in [4.78, 5) is 0. The predicted octanol–water partition coefficient (Wildman–Crippen LogP) is 8.22. The Morgan fingerprint density at radius 3 is 2.29 bits per heavy atom. The number of halogens is 3. The first kappa shape index (κ1) is 22.9. The highest BCUT2D eigenvalue weighted by atomic mass is 19.2. The molecule has 1 aliphatic heterocycles. The number of ether oxygens (including phenoxy) is 1. The molecule has 4 heteroatoms. The van der Waals surface area contributed by atoms with E-state index in [1.165, 1.54) is 6.07 Å². The third-order valence-electron chi connectivity index (χ3n) is 7.26. The molecule has 0 radical (unpaired) electrons. The van der Waals surface area contributed by atoms with E-state index in [1.54, 1.807) is 18.2 Å². The molecule has 176 valence electrons. The zero-order chi connectivity index (χ0) is 23.7. The van der Waals surface area contributed by atoms with Gasteiger partial charge in [-0.3, -0.25) is 0 Å². The van der Waals surface area contributed by atoms with Crippen molar-refractivity contribution in [1.82, 2.24) is 0 Å². The van der Waals surface area contributed by atoms with Crippen LogP contribution in [0.3, 0.4) is 0 Å². The molecule has 3 aromatic rings. The largest absolute Gasteiger partial charge is 0.368 e. The SMILES string of the molecule is CCC1CC=C(c2ccc(CCc3ccc(-c4ccc(C5CO5)c(F)c4)cc3)c(F)c2F)CC1. The van der Waals surface area contributed by atoms with Crippen LogP contribution in [0.4, 0.5) is 13.2 Å². The molecule has 3 aromatic carbocycles. The second-order valence-electron chi connectivity index (χ2n) is 9.43. The van der Waals surface area contributed by atoms with E-state index < -0.39 is 11.6 Å². The van der Waals surface area contributed by atoms with E-state index >= 15 is 0 Å². The molecule has 5 rings (SSSR count). The van der Waals surface area contributed by atoms with Gasteiger partial charge in [-0.05, 0) is 71.9 Å². The maximum atomic E-state index is 14.9. The average molecular weight is 463 g/mol. The molecule has 2 atom stereocenters. The number of rotatable bonds is 7. The predicted molar refractivity (Wildman–Crippen MR) is 130 cm³/mol. The smallest absolute Gasteiger partial charge is 0.166 e. The Kier molecular flexibility index (Phi) is 6.60. The molecule has 0 amide bonds. The van der Waals surface area contributed by atoms with E-state index in [2.05, 4.69) is 13.0 Å². The van der Waals surface area contributed by atoms with E-state index in [4.69, 9.17) is 4.74 Å². The fourth-order valence-electron chi connectivity index (χ4n) is 4.87. The molecule has 0 N–H and O–H groups in total. The number of epoxide rings is 1. The van der Waals surface area contributed by atoms with Gasteiger partial charge in [0.1, 0.15) is 11.9 Å². The van der Waals surface area contributed by atoms with Crippen molar-refractivity contribution in [2.24, 2.45) is 5.92 Å². The second kappa shape index (κ2) is 9.79. The maximum absolute atomic E-state index is 14.9. The summed E-state index contributed by atoms with van der Waals surface area (Å²) in [6.07, 6.45) is 6.90. The summed E-state index contributed by atoms with van der Waals surface area (Å²) >= 11 is 0. The van der Waals surface area contributed by atoms with Gasteiger partial charge in [-0.25, -0.2) is 13.2 Å². The molecule has 1 heterocycles. The van der Waals surface area contributed by atoms with Crippen molar-refractivity contribution in [3.63, 3.8) is 0 Å². The summed E-state index contributed by atoms with van der Waals surface area (Å²) in [7, 11) is 0. The van der Waals surface area contributed by atoms with Crippen LogP contribution < -0.4 is 0 Å². The molecule has 1 saturated heterocycles. The third-order valence-corrected chi connectivity index (χ3v) is 7.26. The highest BCUT2D eigenvalue weighted by Gasteiger charge is 2.27. The molecule has 0 saturated carbocycles. The molecule has 34 heavy (non-hydrogen) atoms. The zero-order valence-corrected chi connectivity index (χ0v) is 19.4. The van der Waals surface area contributed by atoms with Crippen LogP contribution >= 0.6 is 0 Å². The molecule has 2 aliphatic rings. The molecular formula is C30H29F3O. The van der Waals surface area contributed by atoms with Gasteiger partial charge in [0.2, 0.25) is 0 Å². The van der Waals surface area contributed by atoms with Crippen LogP contribution in [0, 0.1) is 23.4 Å². The van der Waals surface area contributed by atoms with Gasteiger partial charge in [0.05, 0.1) is 6.61 Å². The van der Waals surface area contributed by atoms with Crippen LogP contribution in [0.1, 0.15) is 61.0 Å². The van der Waals surface area contributed by atoms with Gasteiger partial charge in [-0.15, -0.1) is 0 Å². The number of benzene rings is 3. The number of hydrogen-bond donors (Lipinski definition) is 0. The topological polar surface area (TPSA) is 12.5 Å². The van der Waals surface area contributed by atoms with Gasteiger partial charge in [-0.2, -0.15) is 0 Å². The Labute approximate surface area is 199 Å². The Balaban J connectivity index is 1.25. The fraction of sp³-hybridized carbons (Fsp3) is 0.333. The van der Waals surface area contributed by atoms with Crippen molar-refractivity contribution in [2.75, 3.05) is 6.61 Å². The van der Waals surface area contributed by atoms with Gasteiger partial charge in [0, 0.05) is 11.1 Å². The van der Waals surface area contributed by atoms with Crippen LogP contribution in [-0.4, -0.2) is 6.61 Å². The molecule has 2 unspecified atom stereocenters. The highest BCUT2D eigenvalue weighted by Crippen LogP contribution is 2.35. The van der Waals surface area contributed by atoms with E-state index in [0.29, 0.717) is 42.1 Å². The Morgan fingerprint density at radius 1 is 0.882 bits per heavy atom. The monoisotopic (exact) mass is 462 g/mol. The van der Waals surface area contributed by atoms with Gasteiger partial charge in [-0.1, -0.05) is 68.0 Å². The Morgan fingerprint density at radius 2 is 1.65 bits per heavy atom.